The second-order valence-corrected chi connectivity index (χ2v) is 6.75. The smallest absolute Gasteiger partial charge is 0.265 e. The summed E-state index contributed by atoms with van der Waals surface area (Å²) in [5.41, 5.74) is 0.623. The first-order valence-corrected chi connectivity index (χ1v) is 9.13. The van der Waals surface area contributed by atoms with Crippen LogP contribution in [0.3, 0.4) is 0 Å². The summed E-state index contributed by atoms with van der Waals surface area (Å²) in [5, 5.41) is 4.03. The van der Waals surface area contributed by atoms with E-state index in [1.165, 1.54) is 11.3 Å². The first-order chi connectivity index (χ1) is 12.2. The Bertz CT molecular complexity index is 839. The van der Waals surface area contributed by atoms with Crippen molar-refractivity contribution in [2.45, 2.75) is 19.8 Å². The molecule has 0 saturated heterocycles. The fourth-order valence-electron chi connectivity index (χ4n) is 2.46. The molecule has 5 heteroatoms. The summed E-state index contributed by atoms with van der Waals surface area (Å²) in [4.78, 5) is 13.3. The fraction of sp³-hybridized carbons (Fsp3) is 0.250. The predicted octanol–water partition coefficient (Wildman–Crippen LogP) is 5.34. The maximum atomic E-state index is 12.7. The quantitative estimate of drug-likeness (QED) is 0.582. The van der Waals surface area contributed by atoms with Gasteiger partial charge in [0.05, 0.1) is 24.3 Å². The lowest BCUT2D eigenvalue weighted by Crippen LogP contribution is -2.12. The average Bonchev–Trinajstić information content (AvgIpc) is 3.07. The van der Waals surface area contributed by atoms with Crippen molar-refractivity contribution in [1.82, 2.24) is 0 Å². The Balaban J connectivity index is 1.83. The van der Waals surface area contributed by atoms with E-state index in [1.54, 1.807) is 13.2 Å². The van der Waals surface area contributed by atoms with Crippen molar-refractivity contribution in [1.29, 1.82) is 0 Å². The van der Waals surface area contributed by atoms with Gasteiger partial charge in [0.25, 0.3) is 5.91 Å². The van der Waals surface area contributed by atoms with Gasteiger partial charge < -0.3 is 14.8 Å². The van der Waals surface area contributed by atoms with Crippen molar-refractivity contribution in [2.75, 3.05) is 19.0 Å². The number of methoxy groups -OCH3 is 1. The lowest BCUT2D eigenvalue weighted by molar-refractivity contribution is 0.103. The van der Waals surface area contributed by atoms with E-state index in [4.69, 9.17) is 9.47 Å². The van der Waals surface area contributed by atoms with Crippen LogP contribution in [0.4, 0.5) is 5.69 Å². The van der Waals surface area contributed by atoms with Crippen LogP contribution >= 0.6 is 11.3 Å². The van der Waals surface area contributed by atoms with Crippen LogP contribution in [0, 0.1) is 0 Å². The summed E-state index contributed by atoms with van der Waals surface area (Å²) in [7, 11) is 1.60. The molecule has 0 aliphatic carbocycles. The number of anilines is 1. The molecule has 1 amide bonds. The van der Waals surface area contributed by atoms with Crippen molar-refractivity contribution < 1.29 is 14.3 Å². The zero-order chi connectivity index (χ0) is 17.6. The second-order valence-electron chi connectivity index (χ2n) is 5.67. The zero-order valence-corrected chi connectivity index (χ0v) is 15.2. The Kier molecular flexibility index (Phi) is 5.56. The van der Waals surface area contributed by atoms with Gasteiger partial charge >= 0.3 is 0 Å². The van der Waals surface area contributed by atoms with Crippen LogP contribution in [0.5, 0.6) is 11.5 Å². The standard InChI is InChI=1S/C20H21NO3S/c1-3-4-11-24-17-10-9-15(23-2)13-16(17)21-20(22)19-12-14-7-5-6-8-18(14)25-19/h5-10,12-13H,3-4,11H2,1-2H3,(H,21,22). The molecule has 0 spiro atoms. The molecule has 0 aliphatic rings. The fourth-order valence-corrected chi connectivity index (χ4v) is 3.42. The first-order valence-electron chi connectivity index (χ1n) is 8.32. The lowest BCUT2D eigenvalue weighted by atomic mass is 10.2. The van der Waals surface area contributed by atoms with Gasteiger partial charge in [0.2, 0.25) is 0 Å². The second kappa shape index (κ2) is 8.03. The van der Waals surface area contributed by atoms with Crippen LogP contribution in [-0.2, 0) is 0 Å². The molecule has 1 heterocycles. The third-order valence-corrected chi connectivity index (χ3v) is 4.95. The van der Waals surface area contributed by atoms with Gasteiger partial charge in [0.15, 0.2) is 0 Å². The number of carbonyl (C=O) groups is 1. The van der Waals surface area contributed by atoms with E-state index in [1.807, 2.05) is 42.5 Å². The molecule has 0 fully saturated rings. The molecule has 3 rings (SSSR count). The van der Waals surface area contributed by atoms with Crippen LogP contribution in [0.25, 0.3) is 10.1 Å². The minimum atomic E-state index is -0.144. The van der Waals surface area contributed by atoms with Crippen LogP contribution in [-0.4, -0.2) is 19.6 Å². The molecule has 0 saturated carbocycles. The molecule has 0 atom stereocenters. The summed E-state index contributed by atoms with van der Waals surface area (Å²) < 4.78 is 12.2. The normalized spacial score (nSPS) is 10.6. The number of carbonyl (C=O) groups excluding carboxylic acids is 1. The number of thiophene rings is 1. The largest absolute Gasteiger partial charge is 0.497 e. The average molecular weight is 355 g/mol. The van der Waals surface area contributed by atoms with E-state index in [9.17, 15) is 4.79 Å². The van der Waals surface area contributed by atoms with Gasteiger partial charge in [-0.2, -0.15) is 0 Å². The Hall–Kier alpha value is -2.53. The number of amides is 1. The highest BCUT2D eigenvalue weighted by Crippen LogP contribution is 2.31. The number of rotatable bonds is 7. The topological polar surface area (TPSA) is 47.6 Å². The van der Waals surface area contributed by atoms with E-state index in [2.05, 4.69) is 12.2 Å². The highest BCUT2D eigenvalue weighted by Gasteiger charge is 2.14. The van der Waals surface area contributed by atoms with Gasteiger partial charge in [0.1, 0.15) is 11.5 Å². The number of benzene rings is 2. The molecule has 1 aromatic heterocycles. The summed E-state index contributed by atoms with van der Waals surface area (Å²) in [6.07, 6.45) is 2.02. The SMILES string of the molecule is CCCCOc1ccc(OC)cc1NC(=O)c1cc2ccccc2s1. The number of unbranched alkanes of at least 4 members (excludes halogenated alkanes) is 1. The van der Waals surface area contributed by atoms with Crippen LogP contribution in [0.15, 0.2) is 48.5 Å². The lowest BCUT2D eigenvalue weighted by Gasteiger charge is -2.13. The third-order valence-electron chi connectivity index (χ3n) is 3.84. The number of nitrogens with one attached hydrogen (secondary N) is 1. The van der Waals surface area contributed by atoms with Crippen molar-refractivity contribution in [3.05, 3.63) is 53.4 Å². The molecule has 1 N–H and O–H groups in total. The van der Waals surface area contributed by atoms with E-state index in [0.717, 1.165) is 22.9 Å². The maximum absolute atomic E-state index is 12.7. The monoisotopic (exact) mass is 355 g/mol. The van der Waals surface area contributed by atoms with Gasteiger partial charge in [-0.05, 0) is 36.1 Å². The van der Waals surface area contributed by atoms with Gasteiger partial charge in [0, 0.05) is 10.8 Å². The van der Waals surface area contributed by atoms with Gasteiger partial charge in [-0.15, -0.1) is 11.3 Å². The third kappa shape index (κ3) is 4.12. The highest BCUT2D eigenvalue weighted by molar-refractivity contribution is 7.20. The molecule has 0 radical (unpaired) electrons. The van der Waals surface area contributed by atoms with Crippen molar-refractivity contribution in [2.24, 2.45) is 0 Å². The molecular formula is C20H21NO3S. The van der Waals surface area contributed by atoms with Crippen LogP contribution in [0.2, 0.25) is 0 Å². The van der Waals surface area contributed by atoms with E-state index in [-0.39, 0.29) is 5.91 Å². The Morgan fingerprint density at radius 1 is 1.16 bits per heavy atom. The van der Waals surface area contributed by atoms with E-state index in [0.29, 0.717) is 28.7 Å². The number of fused-ring (bicyclic) bond motifs is 1. The summed E-state index contributed by atoms with van der Waals surface area (Å²) in [6.45, 7) is 2.73. The van der Waals surface area contributed by atoms with Crippen molar-refractivity contribution >= 4 is 33.0 Å². The Labute approximate surface area is 151 Å². The van der Waals surface area contributed by atoms with Gasteiger partial charge in [-0.1, -0.05) is 31.5 Å². The number of ether oxygens (including phenoxy) is 2. The maximum Gasteiger partial charge on any atom is 0.265 e. The molecule has 25 heavy (non-hydrogen) atoms. The summed E-state index contributed by atoms with van der Waals surface area (Å²) in [6, 6.07) is 15.3. The van der Waals surface area contributed by atoms with Crippen molar-refractivity contribution in [3.63, 3.8) is 0 Å². The number of hydrogen-bond donors (Lipinski definition) is 1. The molecular weight excluding hydrogens is 334 g/mol. The molecule has 3 aromatic rings. The van der Waals surface area contributed by atoms with Crippen LogP contribution < -0.4 is 14.8 Å². The summed E-state index contributed by atoms with van der Waals surface area (Å²) >= 11 is 1.48. The Morgan fingerprint density at radius 2 is 2.00 bits per heavy atom. The molecule has 4 nitrogen and oxygen atoms in total. The first kappa shape index (κ1) is 17.3. The van der Waals surface area contributed by atoms with E-state index < -0.39 is 0 Å². The molecule has 130 valence electrons. The summed E-state index contributed by atoms with van der Waals surface area (Å²) in [5.74, 6) is 1.19. The minimum Gasteiger partial charge on any atom is -0.497 e. The zero-order valence-electron chi connectivity index (χ0n) is 14.4. The van der Waals surface area contributed by atoms with E-state index >= 15 is 0 Å². The Morgan fingerprint density at radius 3 is 2.76 bits per heavy atom. The molecule has 0 bridgehead atoms. The molecule has 2 aromatic carbocycles. The highest BCUT2D eigenvalue weighted by atomic mass is 32.1. The molecule has 0 unspecified atom stereocenters. The minimum absolute atomic E-state index is 0.144. The van der Waals surface area contributed by atoms with Gasteiger partial charge in [-0.3, -0.25) is 4.79 Å². The van der Waals surface area contributed by atoms with Crippen LogP contribution in [0.1, 0.15) is 29.4 Å². The number of hydrogen-bond acceptors (Lipinski definition) is 4. The van der Waals surface area contributed by atoms with Gasteiger partial charge in [-0.25, -0.2) is 0 Å². The van der Waals surface area contributed by atoms with Crippen molar-refractivity contribution in [3.8, 4) is 11.5 Å². The molecule has 0 aliphatic heterocycles. The predicted molar refractivity (Wildman–Crippen MR) is 103 cm³/mol.